The van der Waals surface area contributed by atoms with Gasteiger partial charge in [-0.2, -0.15) is 0 Å². The van der Waals surface area contributed by atoms with Gasteiger partial charge in [0.25, 0.3) is 0 Å². The molecule has 6 heteroatoms. The summed E-state index contributed by atoms with van der Waals surface area (Å²) in [6.45, 7) is 2.03. The maximum Gasteiger partial charge on any atom is 0.317 e. The van der Waals surface area contributed by atoms with Crippen LogP contribution in [0.5, 0.6) is 0 Å². The number of carboxylic acids is 1. The van der Waals surface area contributed by atoms with Crippen LogP contribution in [0, 0.1) is 5.82 Å². The largest absolute Gasteiger partial charge is 0.481 e. The highest BCUT2D eigenvalue weighted by molar-refractivity contribution is 5.74. The number of amides is 2. The summed E-state index contributed by atoms with van der Waals surface area (Å²) in [4.78, 5) is 23.7. The van der Waals surface area contributed by atoms with E-state index in [-0.39, 0.29) is 30.9 Å². The van der Waals surface area contributed by atoms with Crippen molar-refractivity contribution in [3.05, 3.63) is 35.6 Å². The summed E-state index contributed by atoms with van der Waals surface area (Å²) in [6.07, 6.45) is 0.379. The van der Waals surface area contributed by atoms with Gasteiger partial charge in [-0.3, -0.25) is 4.79 Å². The van der Waals surface area contributed by atoms with Gasteiger partial charge in [0.05, 0.1) is 0 Å². The van der Waals surface area contributed by atoms with E-state index >= 15 is 0 Å². The molecule has 20 heavy (non-hydrogen) atoms. The van der Waals surface area contributed by atoms with Crippen molar-refractivity contribution in [1.82, 2.24) is 10.2 Å². The zero-order valence-corrected chi connectivity index (χ0v) is 11.6. The summed E-state index contributed by atoms with van der Waals surface area (Å²) < 4.78 is 13.0. The zero-order chi connectivity index (χ0) is 15.1. The molecule has 1 aromatic rings. The molecule has 0 radical (unpaired) electrons. The molecule has 0 saturated heterocycles. The molecule has 1 rings (SSSR count). The van der Waals surface area contributed by atoms with Crippen molar-refractivity contribution in [3.63, 3.8) is 0 Å². The van der Waals surface area contributed by atoms with E-state index < -0.39 is 5.97 Å². The maximum absolute atomic E-state index is 13.0. The van der Waals surface area contributed by atoms with Gasteiger partial charge in [-0.25, -0.2) is 9.18 Å². The van der Waals surface area contributed by atoms with Gasteiger partial charge < -0.3 is 15.3 Å². The Labute approximate surface area is 117 Å². The summed E-state index contributed by atoms with van der Waals surface area (Å²) in [5, 5.41) is 11.3. The van der Waals surface area contributed by atoms with Crippen LogP contribution in [0.3, 0.4) is 0 Å². The molecule has 0 aliphatic carbocycles. The second-order valence-corrected chi connectivity index (χ2v) is 4.77. The Balaban J connectivity index is 2.44. The summed E-state index contributed by atoms with van der Waals surface area (Å²) in [6, 6.07) is 5.50. The number of hydrogen-bond acceptors (Lipinski definition) is 2. The van der Waals surface area contributed by atoms with Gasteiger partial charge in [-0.1, -0.05) is 12.1 Å². The van der Waals surface area contributed by atoms with Gasteiger partial charge in [0.1, 0.15) is 5.82 Å². The quantitative estimate of drug-likeness (QED) is 0.840. The Morgan fingerprint density at radius 3 is 2.75 bits per heavy atom. The number of aliphatic carboxylic acids is 1. The topological polar surface area (TPSA) is 69.6 Å². The molecule has 2 amide bonds. The van der Waals surface area contributed by atoms with Gasteiger partial charge in [0, 0.05) is 26.1 Å². The number of hydrogen-bond donors (Lipinski definition) is 2. The third-order valence-electron chi connectivity index (χ3n) is 2.82. The molecule has 0 aromatic heterocycles. The van der Waals surface area contributed by atoms with Crippen LogP contribution in [0.15, 0.2) is 24.3 Å². The molecular formula is C14H19FN2O3. The Morgan fingerprint density at radius 2 is 2.15 bits per heavy atom. The predicted molar refractivity (Wildman–Crippen MR) is 72.7 cm³/mol. The lowest BCUT2D eigenvalue weighted by atomic mass is 10.2. The van der Waals surface area contributed by atoms with E-state index in [1.807, 2.05) is 0 Å². The molecule has 0 spiro atoms. The lowest BCUT2D eigenvalue weighted by Crippen LogP contribution is -2.41. The summed E-state index contributed by atoms with van der Waals surface area (Å²) in [5.41, 5.74) is 0.695. The Morgan fingerprint density at radius 1 is 1.45 bits per heavy atom. The molecule has 0 bridgehead atoms. The van der Waals surface area contributed by atoms with Crippen LogP contribution in [0.1, 0.15) is 25.3 Å². The SMILES string of the molecule is CC(CCC(=O)O)NC(=O)N(C)Cc1cccc(F)c1. The highest BCUT2D eigenvalue weighted by Gasteiger charge is 2.13. The summed E-state index contributed by atoms with van der Waals surface area (Å²) in [5.74, 6) is -1.23. The number of halogens is 1. The van der Waals surface area contributed by atoms with E-state index in [4.69, 9.17) is 5.11 Å². The number of carbonyl (C=O) groups excluding carboxylic acids is 1. The highest BCUT2D eigenvalue weighted by atomic mass is 19.1. The number of nitrogens with zero attached hydrogens (tertiary/aromatic N) is 1. The van der Waals surface area contributed by atoms with Crippen LogP contribution in [-0.4, -0.2) is 35.1 Å². The summed E-state index contributed by atoms with van der Waals surface area (Å²) in [7, 11) is 1.60. The molecule has 0 saturated carbocycles. The van der Waals surface area contributed by atoms with E-state index in [0.717, 1.165) is 0 Å². The molecule has 5 nitrogen and oxygen atoms in total. The number of carbonyl (C=O) groups is 2. The Hall–Kier alpha value is -2.11. The highest BCUT2D eigenvalue weighted by Crippen LogP contribution is 2.07. The van der Waals surface area contributed by atoms with Gasteiger partial charge in [-0.15, -0.1) is 0 Å². The van der Waals surface area contributed by atoms with Crippen LogP contribution < -0.4 is 5.32 Å². The number of benzene rings is 1. The van der Waals surface area contributed by atoms with E-state index in [1.54, 1.807) is 26.1 Å². The minimum absolute atomic E-state index is 0.00899. The van der Waals surface area contributed by atoms with Crippen molar-refractivity contribution >= 4 is 12.0 Å². The van der Waals surface area contributed by atoms with Crippen molar-refractivity contribution < 1.29 is 19.1 Å². The molecule has 0 heterocycles. The van der Waals surface area contributed by atoms with Gasteiger partial charge in [-0.05, 0) is 31.0 Å². The van der Waals surface area contributed by atoms with Crippen molar-refractivity contribution in [2.24, 2.45) is 0 Å². The second-order valence-electron chi connectivity index (χ2n) is 4.77. The van der Waals surface area contributed by atoms with Crippen LogP contribution in [-0.2, 0) is 11.3 Å². The van der Waals surface area contributed by atoms with Crippen molar-refractivity contribution in [1.29, 1.82) is 0 Å². The fraction of sp³-hybridized carbons (Fsp3) is 0.429. The van der Waals surface area contributed by atoms with Crippen molar-refractivity contribution in [3.8, 4) is 0 Å². The Bertz CT molecular complexity index is 479. The van der Waals surface area contributed by atoms with Gasteiger partial charge in [0.15, 0.2) is 0 Å². The van der Waals surface area contributed by atoms with Crippen molar-refractivity contribution in [2.45, 2.75) is 32.4 Å². The minimum Gasteiger partial charge on any atom is -0.481 e. The first kappa shape index (κ1) is 15.9. The van der Waals surface area contributed by atoms with Crippen LogP contribution in [0.25, 0.3) is 0 Å². The molecule has 1 aromatic carbocycles. The number of carboxylic acid groups (broad SMARTS) is 1. The fourth-order valence-corrected chi connectivity index (χ4v) is 1.71. The summed E-state index contributed by atoms with van der Waals surface area (Å²) >= 11 is 0. The molecule has 1 atom stereocenters. The monoisotopic (exact) mass is 282 g/mol. The smallest absolute Gasteiger partial charge is 0.317 e. The first-order valence-electron chi connectivity index (χ1n) is 6.36. The average Bonchev–Trinajstić information content (AvgIpc) is 2.36. The Kier molecular flexibility index (Phi) is 5.96. The standard InChI is InChI=1S/C14H19FN2O3/c1-10(6-7-13(18)19)16-14(20)17(2)9-11-4-3-5-12(15)8-11/h3-5,8,10H,6-7,9H2,1-2H3,(H,16,20)(H,18,19). The van der Waals surface area contributed by atoms with E-state index in [1.165, 1.54) is 17.0 Å². The third kappa shape index (κ3) is 5.69. The third-order valence-corrected chi connectivity index (χ3v) is 2.82. The molecule has 0 fully saturated rings. The predicted octanol–water partition coefficient (Wildman–Crippen LogP) is 2.22. The average molecular weight is 282 g/mol. The van der Waals surface area contributed by atoms with E-state index in [2.05, 4.69) is 5.32 Å². The van der Waals surface area contributed by atoms with Crippen LogP contribution >= 0.6 is 0 Å². The molecule has 2 N–H and O–H groups in total. The zero-order valence-electron chi connectivity index (χ0n) is 11.6. The normalized spacial score (nSPS) is 11.8. The second kappa shape index (κ2) is 7.47. The van der Waals surface area contributed by atoms with Crippen molar-refractivity contribution in [2.75, 3.05) is 7.05 Å². The van der Waals surface area contributed by atoms with E-state index in [9.17, 15) is 14.0 Å². The molecular weight excluding hydrogens is 263 g/mol. The lowest BCUT2D eigenvalue weighted by molar-refractivity contribution is -0.137. The van der Waals surface area contributed by atoms with Gasteiger partial charge >= 0.3 is 12.0 Å². The first-order valence-corrected chi connectivity index (χ1v) is 6.36. The number of urea groups is 1. The first-order chi connectivity index (χ1) is 9.38. The van der Waals surface area contributed by atoms with Gasteiger partial charge in [0.2, 0.25) is 0 Å². The fourth-order valence-electron chi connectivity index (χ4n) is 1.71. The molecule has 110 valence electrons. The van der Waals surface area contributed by atoms with Crippen LogP contribution in [0.4, 0.5) is 9.18 Å². The van der Waals surface area contributed by atoms with E-state index in [0.29, 0.717) is 12.0 Å². The number of nitrogens with one attached hydrogen (secondary N) is 1. The lowest BCUT2D eigenvalue weighted by Gasteiger charge is -2.21. The molecule has 0 aliphatic heterocycles. The maximum atomic E-state index is 13.0. The minimum atomic E-state index is -0.890. The van der Waals surface area contributed by atoms with Crippen LogP contribution in [0.2, 0.25) is 0 Å². The number of rotatable bonds is 6. The molecule has 1 unspecified atom stereocenters. The molecule has 0 aliphatic rings.